The number of hydrogen-bond acceptors (Lipinski definition) is 5. The molecule has 1 amide bonds. The number of carbonyl (C=O) groups excluding carboxylic acids is 1. The van der Waals surface area contributed by atoms with Gasteiger partial charge in [-0.25, -0.2) is 0 Å². The first-order chi connectivity index (χ1) is 10.0. The Morgan fingerprint density at radius 2 is 2.38 bits per heavy atom. The van der Waals surface area contributed by atoms with Crippen molar-refractivity contribution in [3.05, 3.63) is 18.0 Å². The van der Waals surface area contributed by atoms with Gasteiger partial charge in [0.25, 0.3) is 5.91 Å². The molecule has 1 aliphatic rings. The van der Waals surface area contributed by atoms with Crippen LogP contribution in [0.15, 0.2) is 12.4 Å². The number of likely N-dealkylation sites (tertiary alicyclic amines) is 1. The van der Waals surface area contributed by atoms with Crippen LogP contribution in [0.5, 0.6) is 0 Å². The van der Waals surface area contributed by atoms with Gasteiger partial charge in [-0.15, -0.1) is 0 Å². The van der Waals surface area contributed by atoms with Crippen molar-refractivity contribution < 1.29 is 14.6 Å². The molecule has 2 rings (SSSR count). The van der Waals surface area contributed by atoms with E-state index in [4.69, 9.17) is 4.74 Å². The molecule has 1 fully saturated rings. The molecule has 0 spiro atoms. The zero-order valence-electron chi connectivity index (χ0n) is 12.7. The molecule has 7 nitrogen and oxygen atoms in total. The van der Waals surface area contributed by atoms with Crippen LogP contribution in [0.25, 0.3) is 0 Å². The van der Waals surface area contributed by atoms with Gasteiger partial charge in [-0.05, 0) is 12.8 Å². The zero-order valence-corrected chi connectivity index (χ0v) is 12.7. The normalized spacial score (nSPS) is 22.8. The Kier molecular flexibility index (Phi) is 5.33. The van der Waals surface area contributed by atoms with Crippen LogP contribution >= 0.6 is 0 Å². The minimum absolute atomic E-state index is 0.204. The largest absolute Gasteiger partial charge is 0.383 e. The van der Waals surface area contributed by atoms with Crippen LogP contribution in [0, 0.1) is 0 Å². The molecular formula is C14H24N4O3. The summed E-state index contributed by atoms with van der Waals surface area (Å²) in [6.45, 7) is 2.55. The predicted molar refractivity (Wildman–Crippen MR) is 77.6 cm³/mol. The third-order valence-corrected chi connectivity index (χ3v) is 3.77. The van der Waals surface area contributed by atoms with Crippen LogP contribution in [0.3, 0.4) is 0 Å². The van der Waals surface area contributed by atoms with Crippen molar-refractivity contribution in [3.8, 4) is 0 Å². The molecule has 1 aliphatic heterocycles. The van der Waals surface area contributed by atoms with Crippen LogP contribution in [-0.4, -0.2) is 64.6 Å². The van der Waals surface area contributed by atoms with E-state index in [9.17, 15) is 9.90 Å². The number of piperidine rings is 1. The van der Waals surface area contributed by atoms with E-state index in [1.165, 1.54) is 0 Å². The predicted octanol–water partition coefficient (Wildman–Crippen LogP) is -0.490. The lowest BCUT2D eigenvalue weighted by molar-refractivity contribution is -0.157. The molecular weight excluding hydrogens is 272 g/mol. The third kappa shape index (κ3) is 4.03. The van der Waals surface area contributed by atoms with Gasteiger partial charge in [-0.2, -0.15) is 5.10 Å². The van der Waals surface area contributed by atoms with Crippen molar-refractivity contribution in [1.82, 2.24) is 20.0 Å². The van der Waals surface area contributed by atoms with E-state index in [-0.39, 0.29) is 12.5 Å². The SMILES string of the molecule is COCCN1CCC[C@@](O)(CNCc2cnn(C)c2)C1=O. The number of aromatic nitrogens is 2. The number of aliphatic hydroxyl groups is 1. The molecule has 0 radical (unpaired) electrons. The Morgan fingerprint density at radius 1 is 1.57 bits per heavy atom. The first-order valence-electron chi connectivity index (χ1n) is 7.24. The average molecular weight is 296 g/mol. The Bertz CT molecular complexity index is 477. The van der Waals surface area contributed by atoms with Crippen molar-refractivity contribution in [2.24, 2.45) is 7.05 Å². The van der Waals surface area contributed by atoms with E-state index in [1.807, 2.05) is 13.2 Å². The van der Waals surface area contributed by atoms with Gasteiger partial charge in [-0.3, -0.25) is 9.48 Å². The number of nitrogens with zero attached hydrogens (tertiary/aromatic N) is 3. The van der Waals surface area contributed by atoms with Crippen molar-refractivity contribution in [1.29, 1.82) is 0 Å². The summed E-state index contributed by atoms with van der Waals surface area (Å²) in [7, 11) is 3.46. The van der Waals surface area contributed by atoms with Gasteiger partial charge in [0.05, 0.1) is 12.8 Å². The number of nitrogens with one attached hydrogen (secondary N) is 1. The highest BCUT2D eigenvalue weighted by atomic mass is 16.5. The molecule has 1 atom stereocenters. The monoisotopic (exact) mass is 296 g/mol. The maximum Gasteiger partial charge on any atom is 0.255 e. The number of rotatable bonds is 7. The quantitative estimate of drug-likeness (QED) is 0.710. The summed E-state index contributed by atoms with van der Waals surface area (Å²) in [5.41, 5.74) is -0.283. The van der Waals surface area contributed by atoms with Gasteiger partial charge in [-0.1, -0.05) is 0 Å². The summed E-state index contributed by atoms with van der Waals surface area (Å²) in [4.78, 5) is 14.0. The highest BCUT2D eigenvalue weighted by molar-refractivity contribution is 5.86. The Morgan fingerprint density at radius 3 is 3.05 bits per heavy atom. The Labute approximate surface area is 124 Å². The van der Waals surface area contributed by atoms with E-state index in [1.54, 1.807) is 22.9 Å². The second-order valence-corrected chi connectivity index (χ2v) is 5.55. The van der Waals surface area contributed by atoms with E-state index in [0.717, 1.165) is 12.0 Å². The van der Waals surface area contributed by atoms with Crippen LogP contribution in [0.2, 0.25) is 0 Å². The first kappa shape index (κ1) is 15.9. The van der Waals surface area contributed by atoms with Crippen LogP contribution < -0.4 is 5.32 Å². The van der Waals surface area contributed by atoms with Gasteiger partial charge in [0, 0.05) is 52.1 Å². The van der Waals surface area contributed by atoms with E-state index < -0.39 is 5.60 Å². The molecule has 2 N–H and O–H groups in total. The van der Waals surface area contributed by atoms with Gasteiger partial charge in [0.15, 0.2) is 5.60 Å². The Hall–Kier alpha value is -1.44. The molecule has 21 heavy (non-hydrogen) atoms. The summed E-state index contributed by atoms with van der Waals surface area (Å²) in [6, 6.07) is 0. The fourth-order valence-corrected chi connectivity index (χ4v) is 2.62. The van der Waals surface area contributed by atoms with E-state index in [0.29, 0.717) is 32.7 Å². The molecule has 7 heteroatoms. The summed E-state index contributed by atoms with van der Waals surface area (Å²) in [5.74, 6) is -0.204. The lowest BCUT2D eigenvalue weighted by Crippen LogP contribution is -2.58. The topological polar surface area (TPSA) is 79.6 Å². The highest BCUT2D eigenvalue weighted by Crippen LogP contribution is 2.22. The number of amides is 1. The Balaban J connectivity index is 1.86. The lowest BCUT2D eigenvalue weighted by Gasteiger charge is -2.38. The minimum Gasteiger partial charge on any atom is -0.383 e. The van der Waals surface area contributed by atoms with Crippen molar-refractivity contribution >= 4 is 5.91 Å². The fourth-order valence-electron chi connectivity index (χ4n) is 2.62. The lowest BCUT2D eigenvalue weighted by atomic mass is 9.91. The summed E-state index contributed by atoms with van der Waals surface area (Å²) >= 11 is 0. The van der Waals surface area contributed by atoms with Crippen molar-refractivity contribution in [2.45, 2.75) is 25.0 Å². The molecule has 1 saturated heterocycles. The van der Waals surface area contributed by atoms with E-state index in [2.05, 4.69) is 10.4 Å². The van der Waals surface area contributed by atoms with Gasteiger partial charge < -0.3 is 20.1 Å². The summed E-state index contributed by atoms with van der Waals surface area (Å²) < 4.78 is 6.73. The maximum absolute atomic E-state index is 12.4. The fraction of sp³-hybridized carbons (Fsp3) is 0.714. The number of carbonyl (C=O) groups is 1. The number of ether oxygens (including phenoxy) is 1. The van der Waals surface area contributed by atoms with Crippen molar-refractivity contribution in [3.63, 3.8) is 0 Å². The van der Waals surface area contributed by atoms with Gasteiger partial charge >= 0.3 is 0 Å². The highest BCUT2D eigenvalue weighted by Gasteiger charge is 2.41. The molecule has 2 heterocycles. The molecule has 1 aromatic rings. The minimum atomic E-state index is -1.31. The average Bonchev–Trinajstić information content (AvgIpc) is 2.86. The van der Waals surface area contributed by atoms with Crippen LogP contribution in [0.4, 0.5) is 0 Å². The van der Waals surface area contributed by atoms with Crippen LogP contribution in [-0.2, 0) is 23.1 Å². The molecule has 0 aromatic carbocycles. The van der Waals surface area contributed by atoms with Gasteiger partial charge in [0.1, 0.15) is 0 Å². The smallest absolute Gasteiger partial charge is 0.255 e. The maximum atomic E-state index is 12.4. The molecule has 1 aromatic heterocycles. The molecule has 0 bridgehead atoms. The second-order valence-electron chi connectivity index (χ2n) is 5.55. The molecule has 118 valence electrons. The van der Waals surface area contributed by atoms with E-state index >= 15 is 0 Å². The number of methoxy groups -OCH3 is 1. The first-order valence-corrected chi connectivity index (χ1v) is 7.24. The summed E-state index contributed by atoms with van der Waals surface area (Å²) in [5, 5.41) is 17.8. The number of aryl methyl sites for hydroxylation is 1. The molecule has 0 aliphatic carbocycles. The summed E-state index contributed by atoms with van der Waals surface area (Å²) in [6.07, 6.45) is 4.98. The zero-order chi connectivity index (χ0) is 15.3. The second kappa shape index (κ2) is 7.02. The standard InChI is InChI=1S/C14H24N4O3/c1-17-10-12(9-16-17)8-15-11-14(20)4-3-5-18(13(14)19)6-7-21-2/h9-10,15,20H,3-8,11H2,1-2H3/t14-/m1/s1. The number of hydrogen-bond donors (Lipinski definition) is 2. The van der Waals surface area contributed by atoms with Crippen molar-refractivity contribution in [2.75, 3.05) is 33.4 Å². The van der Waals surface area contributed by atoms with Crippen LogP contribution in [0.1, 0.15) is 18.4 Å². The molecule has 0 saturated carbocycles. The third-order valence-electron chi connectivity index (χ3n) is 3.77. The molecule has 0 unspecified atom stereocenters. The van der Waals surface area contributed by atoms with Gasteiger partial charge in [0.2, 0.25) is 0 Å².